The second kappa shape index (κ2) is 11.3. The zero-order valence-electron chi connectivity index (χ0n) is 16.7. The minimum atomic E-state index is 0.687. The lowest BCUT2D eigenvalue weighted by atomic mass is 10.1. The third kappa shape index (κ3) is 6.72. The molecule has 0 radical (unpaired) electrons. The number of guanidine groups is 1. The van der Waals surface area contributed by atoms with E-state index in [4.69, 9.17) is 9.73 Å². The van der Waals surface area contributed by atoms with E-state index in [0.29, 0.717) is 19.1 Å². The minimum Gasteiger partial charge on any atom is -0.380 e. The monoisotopic (exact) mass is 382 g/mol. The highest BCUT2D eigenvalue weighted by Gasteiger charge is 2.21. The van der Waals surface area contributed by atoms with Crippen LogP contribution in [0.15, 0.2) is 4.99 Å². The standard InChI is InChI=1S/C18H34N6OS/c1-5-16-21-18(26-22-16)24-11-9-23(10-12-24)17(19-6-2)20-8-14-25-13-7-15(3)4/h15H,5-14H2,1-4H3,(H,19,20). The summed E-state index contributed by atoms with van der Waals surface area (Å²) in [6.07, 6.45) is 2.00. The van der Waals surface area contributed by atoms with E-state index in [1.807, 2.05) is 0 Å². The summed E-state index contributed by atoms with van der Waals surface area (Å²) in [6.45, 7) is 15.5. The van der Waals surface area contributed by atoms with Gasteiger partial charge in [-0.2, -0.15) is 4.37 Å². The number of hydrogen-bond donors (Lipinski definition) is 1. The molecular weight excluding hydrogens is 348 g/mol. The highest BCUT2D eigenvalue weighted by atomic mass is 32.1. The van der Waals surface area contributed by atoms with Gasteiger partial charge in [0, 0.05) is 57.3 Å². The molecule has 0 saturated carbocycles. The van der Waals surface area contributed by atoms with E-state index >= 15 is 0 Å². The maximum atomic E-state index is 5.67. The first-order chi connectivity index (χ1) is 12.6. The number of hydrogen-bond acceptors (Lipinski definition) is 6. The fourth-order valence-electron chi connectivity index (χ4n) is 2.69. The van der Waals surface area contributed by atoms with Gasteiger partial charge in [0.05, 0.1) is 13.2 Å². The minimum absolute atomic E-state index is 0.687. The van der Waals surface area contributed by atoms with Crippen molar-refractivity contribution in [1.82, 2.24) is 19.6 Å². The number of aromatic nitrogens is 2. The Morgan fingerprint density at radius 1 is 1.23 bits per heavy atom. The molecule has 0 unspecified atom stereocenters. The predicted octanol–water partition coefficient (Wildman–Crippen LogP) is 2.25. The number of anilines is 1. The zero-order valence-corrected chi connectivity index (χ0v) is 17.5. The van der Waals surface area contributed by atoms with Gasteiger partial charge in [-0.1, -0.05) is 20.8 Å². The van der Waals surface area contributed by atoms with Crippen molar-refractivity contribution < 1.29 is 4.74 Å². The lowest BCUT2D eigenvalue weighted by molar-refractivity contribution is 0.130. The molecule has 1 aromatic heterocycles. The van der Waals surface area contributed by atoms with Gasteiger partial charge in [-0.25, -0.2) is 4.98 Å². The number of aryl methyl sites for hydroxylation is 1. The van der Waals surface area contributed by atoms with E-state index in [1.165, 1.54) is 11.5 Å². The van der Waals surface area contributed by atoms with Crippen LogP contribution in [0.3, 0.4) is 0 Å². The summed E-state index contributed by atoms with van der Waals surface area (Å²) in [5.41, 5.74) is 0. The molecule has 0 spiro atoms. The summed E-state index contributed by atoms with van der Waals surface area (Å²) in [7, 11) is 0. The molecule has 26 heavy (non-hydrogen) atoms. The molecule has 1 aliphatic rings. The van der Waals surface area contributed by atoms with E-state index in [9.17, 15) is 0 Å². The second-order valence-electron chi connectivity index (χ2n) is 6.85. The molecule has 0 amide bonds. The molecule has 1 aliphatic heterocycles. The summed E-state index contributed by atoms with van der Waals surface area (Å²) in [6, 6.07) is 0. The smallest absolute Gasteiger partial charge is 0.205 e. The first-order valence-electron chi connectivity index (χ1n) is 9.82. The molecule has 8 heteroatoms. The van der Waals surface area contributed by atoms with Crippen molar-refractivity contribution in [3.8, 4) is 0 Å². The Labute approximate surface area is 162 Å². The lowest BCUT2D eigenvalue weighted by Gasteiger charge is -2.36. The van der Waals surface area contributed by atoms with Crippen LogP contribution in [0.1, 0.15) is 39.9 Å². The van der Waals surface area contributed by atoms with Gasteiger partial charge in [0.2, 0.25) is 5.13 Å². The van der Waals surface area contributed by atoms with E-state index in [-0.39, 0.29) is 0 Å². The number of nitrogens with one attached hydrogen (secondary N) is 1. The average Bonchev–Trinajstić information content (AvgIpc) is 3.13. The van der Waals surface area contributed by atoms with Gasteiger partial charge in [0.1, 0.15) is 5.82 Å². The maximum absolute atomic E-state index is 5.67. The number of rotatable bonds is 9. The fraction of sp³-hybridized carbons (Fsp3) is 0.833. The fourth-order valence-corrected chi connectivity index (χ4v) is 3.49. The zero-order chi connectivity index (χ0) is 18.8. The van der Waals surface area contributed by atoms with Crippen LogP contribution in [0.25, 0.3) is 0 Å². The Balaban J connectivity index is 1.78. The molecule has 1 saturated heterocycles. The molecule has 2 rings (SSSR count). The van der Waals surface area contributed by atoms with Gasteiger partial charge in [-0.3, -0.25) is 4.99 Å². The Morgan fingerprint density at radius 3 is 2.62 bits per heavy atom. The SMILES string of the molecule is CCNC(=NCCOCCC(C)C)N1CCN(c2nc(CC)ns2)CC1. The van der Waals surface area contributed by atoms with Crippen molar-refractivity contribution in [3.05, 3.63) is 5.82 Å². The predicted molar refractivity (Wildman–Crippen MR) is 109 cm³/mol. The van der Waals surface area contributed by atoms with Gasteiger partial charge in [-0.05, 0) is 19.3 Å². The van der Waals surface area contributed by atoms with Gasteiger partial charge in [0.15, 0.2) is 5.96 Å². The summed E-state index contributed by atoms with van der Waals surface area (Å²) >= 11 is 1.51. The first-order valence-corrected chi connectivity index (χ1v) is 10.6. The van der Waals surface area contributed by atoms with E-state index in [1.54, 1.807) is 0 Å². The van der Waals surface area contributed by atoms with Crippen molar-refractivity contribution in [1.29, 1.82) is 0 Å². The molecule has 148 valence electrons. The van der Waals surface area contributed by atoms with Crippen LogP contribution >= 0.6 is 11.5 Å². The first kappa shape index (κ1) is 20.9. The van der Waals surface area contributed by atoms with Gasteiger partial charge in [0.25, 0.3) is 0 Å². The van der Waals surface area contributed by atoms with Gasteiger partial charge < -0.3 is 19.9 Å². The summed E-state index contributed by atoms with van der Waals surface area (Å²) in [4.78, 5) is 14.0. The van der Waals surface area contributed by atoms with Crippen molar-refractivity contribution in [2.45, 2.75) is 40.5 Å². The van der Waals surface area contributed by atoms with E-state index in [0.717, 1.165) is 69.1 Å². The van der Waals surface area contributed by atoms with Crippen LogP contribution in [-0.2, 0) is 11.2 Å². The van der Waals surface area contributed by atoms with E-state index in [2.05, 4.69) is 52.2 Å². The maximum Gasteiger partial charge on any atom is 0.205 e. The Kier molecular flexibility index (Phi) is 9.11. The summed E-state index contributed by atoms with van der Waals surface area (Å²) in [5.74, 6) is 2.62. The number of piperazine rings is 1. The van der Waals surface area contributed by atoms with Crippen LogP contribution in [-0.4, -0.2) is 72.7 Å². The van der Waals surface area contributed by atoms with E-state index < -0.39 is 0 Å². The van der Waals surface area contributed by atoms with Crippen LogP contribution in [0.2, 0.25) is 0 Å². The molecule has 0 aliphatic carbocycles. The molecule has 7 nitrogen and oxygen atoms in total. The molecule has 0 atom stereocenters. The molecule has 1 N–H and O–H groups in total. The Bertz CT molecular complexity index is 540. The highest BCUT2D eigenvalue weighted by Crippen LogP contribution is 2.19. The third-order valence-corrected chi connectivity index (χ3v) is 5.11. The molecule has 0 aromatic carbocycles. The van der Waals surface area contributed by atoms with Gasteiger partial charge >= 0.3 is 0 Å². The quantitative estimate of drug-likeness (QED) is 0.401. The van der Waals surface area contributed by atoms with Crippen molar-refractivity contribution >= 4 is 22.6 Å². The highest BCUT2D eigenvalue weighted by molar-refractivity contribution is 7.09. The number of aliphatic imine (C=N–C) groups is 1. The van der Waals surface area contributed by atoms with Crippen molar-refractivity contribution in [2.24, 2.45) is 10.9 Å². The van der Waals surface area contributed by atoms with Crippen molar-refractivity contribution in [2.75, 3.05) is 57.4 Å². The number of ether oxygens (including phenoxy) is 1. The summed E-state index contributed by atoms with van der Waals surface area (Å²) in [5, 5.41) is 4.45. The Hall–Kier alpha value is -1.41. The van der Waals surface area contributed by atoms with Crippen LogP contribution in [0.4, 0.5) is 5.13 Å². The largest absolute Gasteiger partial charge is 0.380 e. The van der Waals surface area contributed by atoms with Gasteiger partial charge in [-0.15, -0.1) is 0 Å². The van der Waals surface area contributed by atoms with Crippen LogP contribution < -0.4 is 10.2 Å². The van der Waals surface area contributed by atoms with Crippen LogP contribution in [0, 0.1) is 5.92 Å². The average molecular weight is 383 g/mol. The molecular formula is C18H34N6OS. The third-order valence-electron chi connectivity index (χ3n) is 4.29. The molecule has 1 aromatic rings. The topological polar surface area (TPSA) is 65.9 Å². The second-order valence-corrected chi connectivity index (χ2v) is 7.58. The number of nitrogens with zero attached hydrogens (tertiary/aromatic N) is 5. The van der Waals surface area contributed by atoms with Crippen LogP contribution in [0.5, 0.6) is 0 Å². The molecule has 0 bridgehead atoms. The normalized spacial score (nSPS) is 15.8. The van der Waals surface area contributed by atoms with Crippen molar-refractivity contribution in [3.63, 3.8) is 0 Å². The Morgan fingerprint density at radius 2 is 2.00 bits per heavy atom. The summed E-state index contributed by atoms with van der Waals surface area (Å²) < 4.78 is 10.1. The lowest BCUT2D eigenvalue weighted by Crippen LogP contribution is -2.52. The molecule has 2 heterocycles. The molecule has 1 fully saturated rings.